The highest BCUT2D eigenvalue weighted by molar-refractivity contribution is 6.32. The standard InChI is InChI=1S/C9H11ClFNO/c1-3-13-9-5-8(12-2)7(11)4-6(9)10/h4-5,12H,3H2,1-2H3. The lowest BCUT2D eigenvalue weighted by molar-refractivity contribution is 0.340. The first-order chi connectivity index (χ1) is 6.19. The predicted molar refractivity (Wildman–Crippen MR) is 52.1 cm³/mol. The zero-order valence-corrected chi connectivity index (χ0v) is 8.28. The van der Waals surface area contributed by atoms with Gasteiger partial charge in [0.05, 0.1) is 17.3 Å². The topological polar surface area (TPSA) is 21.3 Å². The van der Waals surface area contributed by atoms with Crippen molar-refractivity contribution < 1.29 is 9.13 Å². The Bertz CT molecular complexity index is 304. The van der Waals surface area contributed by atoms with Gasteiger partial charge in [-0.3, -0.25) is 0 Å². The maximum atomic E-state index is 13.1. The van der Waals surface area contributed by atoms with Gasteiger partial charge in [0, 0.05) is 13.1 Å². The third-order valence-corrected chi connectivity index (χ3v) is 1.89. The van der Waals surface area contributed by atoms with Crippen LogP contribution in [0.5, 0.6) is 5.75 Å². The molecule has 0 atom stereocenters. The van der Waals surface area contributed by atoms with Crippen molar-refractivity contribution in [2.45, 2.75) is 6.92 Å². The second-order valence-electron chi connectivity index (χ2n) is 2.45. The fraction of sp³-hybridized carbons (Fsp3) is 0.333. The van der Waals surface area contributed by atoms with E-state index in [1.165, 1.54) is 6.07 Å². The average Bonchev–Trinajstić information content (AvgIpc) is 2.10. The number of rotatable bonds is 3. The fourth-order valence-electron chi connectivity index (χ4n) is 0.987. The van der Waals surface area contributed by atoms with E-state index in [0.29, 0.717) is 23.1 Å². The molecule has 1 rings (SSSR count). The van der Waals surface area contributed by atoms with E-state index in [-0.39, 0.29) is 5.82 Å². The smallest absolute Gasteiger partial charge is 0.148 e. The lowest BCUT2D eigenvalue weighted by Gasteiger charge is -2.08. The highest BCUT2D eigenvalue weighted by Crippen LogP contribution is 2.30. The van der Waals surface area contributed by atoms with E-state index in [2.05, 4.69) is 5.32 Å². The Hall–Kier alpha value is -0.960. The molecule has 1 aromatic carbocycles. The molecule has 0 amide bonds. The summed E-state index contributed by atoms with van der Waals surface area (Å²) in [6.45, 7) is 2.35. The van der Waals surface area contributed by atoms with Gasteiger partial charge in [-0.15, -0.1) is 0 Å². The molecule has 0 saturated carbocycles. The van der Waals surface area contributed by atoms with Crippen LogP contribution in [0.15, 0.2) is 12.1 Å². The molecule has 13 heavy (non-hydrogen) atoms. The summed E-state index contributed by atoms with van der Waals surface area (Å²) < 4.78 is 18.3. The first kappa shape index (κ1) is 10.1. The molecule has 0 aliphatic rings. The van der Waals surface area contributed by atoms with Crippen LogP contribution in [-0.2, 0) is 0 Å². The van der Waals surface area contributed by atoms with Crippen LogP contribution in [0.25, 0.3) is 0 Å². The van der Waals surface area contributed by atoms with Crippen molar-refractivity contribution in [1.29, 1.82) is 0 Å². The van der Waals surface area contributed by atoms with E-state index in [9.17, 15) is 4.39 Å². The highest BCUT2D eigenvalue weighted by atomic mass is 35.5. The summed E-state index contributed by atoms with van der Waals surface area (Å²) >= 11 is 5.74. The minimum Gasteiger partial charge on any atom is -0.492 e. The van der Waals surface area contributed by atoms with Gasteiger partial charge in [0.2, 0.25) is 0 Å². The van der Waals surface area contributed by atoms with Crippen LogP contribution in [0.2, 0.25) is 5.02 Å². The fourth-order valence-corrected chi connectivity index (χ4v) is 1.19. The molecule has 1 aromatic rings. The van der Waals surface area contributed by atoms with Gasteiger partial charge >= 0.3 is 0 Å². The maximum absolute atomic E-state index is 13.1. The predicted octanol–water partition coefficient (Wildman–Crippen LogP) is 2.92. The van der Waals surface area contributed by atoms with Crippen LogP contribution in [-0.4, -0.2) is 13.7 Å². The number of halogens is 2. The van der Waals surface area contributed by atoms with Crippen LogP contribution >= 0.6 is 11.6 Å². The molecule has 0 spiro atoms. The molecular weight excluding hydrogens is 193 g/mol. The largest absolute Gasteiger partial charge is 0.492 e. The first-order valence-corrected chi connectivity index (χ1v) is 4.36. The summed E-state index contributed by atoms with van der Waals surface area (Å²) in [6.07, 6.45) is 0. The van der Waals surface area contributed by atoms with Gasteiger partial charge in [-0.1, -0.05) is 11.6 Å². The van der Waals surface area contributed by atoms with Gasteiger partial charge in [0.25, 0.3) is 0 Å². The van der Waals surface area contributed by atoms with Crippen LogP contribution in [0.4, 0.5) is 10.1 Å². The third kappa shape index (κ3) is 2.25. The minimum absolute atomic E-state index is 0.290. The zero-order valence-electron chi connectivity index (χ0n) is 7.53. The number of hydrogen-bond donors (Lipinski definition) is 1. The number of nitrogens with one attached hydrogen (secondary N) is 1. The second-order valence-corrected chi connectivity index (χ2v) is 2.85. The van der Waals surface area contributed by atoms with Gasteiger partial charge in [0.15, 0.2) is 0 Å². The highest BCUT2D eigenvalue weighted by Gasteiger charge is 2.07. The average molecular weight is 204 g/mol. The van der Waals surface area contributed by atoms with Crippen LogP contribution in [0, 0.1) is 5.82 Å². The van der Waals surface area contributed by atoms with Crippen molar-refractivity contribution in [2.24, 2.45) is 0 Å². The van der Waals surface area contributed by atoms with Crippen LogP contribution < -0.4 is 10.1 Å². The van der Waals surface area contributed by atoms with Crippen molar-refractivity contribution in [3.63, 3.8) is 0 Å². The van der Waals surface area contributed by atoms with Gasteiger partial charge in [-0.25, -0.2) is 4.39 Å². The maximum Gasteiger partial charge on any atom is 0.148 e. The lowest BCUT2D eigenvalue weighted by atomic mass is 10.3. The van der Waals surface area contributed by atoms with E-state index in [4.69, 9.17) is 16.3 Å². The second kappa shape index (κ2) is 4.33. The van der Waals surface area contributed by atoms with E-state index >= 15 is 0 Å². The molecule has 0 fully saturated rings. The van der Waals surface area contributed by atoms with Crippen LogP contribution in [0.3, 0.4) is 0 Å². The summed E-state index contributed by atoms with van der Waals surface area (Å²) in [4.78, 5) is 0. The molecule has 0 unspecified atom stereocenters. The molecule has 72 valence electrons. The van der Waals surface area contributed by atoms with E-state index in [0.717, 1.165) is 0 Å². The molecule has 0 heterocycles. The van der Waals surface area contributed by atoms with Crippen molar-refractivity contribution in [1.82, 2.24) is 0 Å². The molecular formula is C9H11ClFNO. The molecule has 1 N–H and O–H groups in total. The zero-order chi connectivity index (χ0) is 9.84. The van der Waals surface area contributed by atoms with Crippen molar-refractivity contribution in [3.8, 4) is 5.75 Å². The van der Waals surface area contributed by atoms with Gasteiger partial charge in [-0.05, 0) is 13.0 Å². The Labute approximate surface area is 81.7 Å². The molecule has 4 heteroatoms. The molecule has 0 radical (unpaired) electrons. The Morgan fingerprint density at radius 1 is 1.54 bits per heavy atom. The summed E-state index contributed by atoms with van der Waals surface area (Å²) in [5, 5.41) is 3.00. The number of hydrogen-bond acceptors (Lipinski definition) is 2. The monoisotopic (exact) mass is 203 g/mol. The number of anilines is 1. The summed E-state index contributed by atoms with van der Waals surface area (Å²) in [6, 6.07) is 2.78. The third-order valence-electron chi connectivity index (χ3n) is 1.59. The normalized spacial score (nSPS) is 9.85. The Kier molecular flexibility index (Phi) is 3.37. The summed E-state index contributed by atoms with van der Waals surface area (Å²) in [5.74, 6) is 0.117. The molecule has 0 aliphatic carbocycles. The Balaban J connectivity index is 3.06. The quantitative estimate of drug-likeness (QED) is 0.816. The molecule has 0 bridgehead atoms. The summed E-state index contributed by atoms with van der Waals surface area (Å²) in [7, 11) is 1.64. The SMILES string of the molecule is CCOc1cc(NC)c(F)cc1Cl. The van der Waals surface area contributed by atoms with Crippen molar-refractivity contribution in [3.05, 3.63) is 23.0 Å². The van der Waals surface area contributed by atoms with E-state index in [1.807, 2.05) is 6.92 Å². The first-order valence-electron chi connectivity index (χ1n) is 3.98. The molecule has 0 aromatic heterocycles. The van der Waals surface area contributed by atoms with Gasteiger partial charge in [-0.2, -0.15) is 0 Å². The Morgan fingerprint density at radius 2 is 2.23 bits per heavy atom. The molecule has 2 nitrogen and oxygen atoms in total. The molecule has 0 aliphatic heterocycles. The van der Waals surface area contributed by atoms with Crippen molar-refractivity contribution >= 4 is 17.3 Å². The van der Waals surface area contributed by atoms with E-state index < -0.39 is 0 Å². The Morgan fingerprint density at radius 3 is 2.77 bits per heavy atom. The number of benzene rings is 1. The van der Waals surface area contributed by atoms with Gasteiger partial charge < -0.3 is 10.1 Å². The minimum atomic E-state index is -0.379. The lowest BCUT2D eigenvalue weighted by Crippen LogP contribution is -1.97. The van der Waals surface area contributed by atoms with E-state index in [1.54, 1.807) is 13.1 Å². The van der Waals surface area contributed by atoms with Crippen LogP contribution in [0.1, 0.15) is 6.92 Å². The van der Waals surface area contributed by atoms with Gasteiger partial charge in [0.1, 0.15) is 11.6 Å². The van der Waals surface area contributed by atoms with Crippen molar-refractivity contribution in [2.75, 3.05) is 19.0 Å². The number of ether oxygens (including phenoxy) is 1. The summed E-state index contributed by atoms with van der Waals surface area (Å²) in [5.41, 5.74) is 0.382. The molecule has 0 saturated heterocycles.